The molecule has 190 valence electrons. The highest BCUT2D eigenvalue weighted by Crippen LogP contribution is 2.30. The van der Waals surface area contributed by atoms with E-state index in [2.05, 4.69) is 10.2 Å². The molecule has 3 N–H and O–H groups in total. The van der Waals surface area contributed by atoms with Gasteiger partial charge >= 0.3 is 0 Å². The van der Waals surface area contributed by atoms with Crippen molar-refractivity contribution in [3.05, 3.63) is 58.6 Å². The number of ketones is 1. The largest absolute Gasteiger partial charge is 0.496 e. The molecule has 1 aliphatic rings. The van der Waals surface area contributed by atoms with Gasteiger partial charge in [0.15, 0.2) is 5.78 Å². The van der Waals surface area contributed by atoms with Crippen LogP contribution in [0.3, 0.4) is 0 Å². The number of carbonyl (C=O) groups is 2. The second kappa shape index (κ2) is 12.9. The Morgan fingerprint density at radius 1 is 1.09 bits per heavy atom. The van der Waals surface area contributed by atoms with Gasteiger partial charge in [0.2, 0.25) is 0 Å². The molecule has 0 aliphatic carbocycles. The molecule has 2 aromatic carbocycles. The van der Waals surface area contributed by atoms with E-state index in [9.17, 15) is 9.59 Å². The molecule has 2 aromatic rings. The Morgan fingerprint density at radius 3 is 2.46 bits per heavy atom. The second-order valence-corrected chi connectivity index (χ2v) is 9.49. The third kappa shape index (κ3) is 7.43. The van der Waals surface area contributed by atoms with Crippen molar-refractivity contribution < 1.29 is 19.1 Å². The van der Waals surface area contributed by atoms with Crippen molar-refractivity contribution >= 4 is 29.0 Å². The van der Waals surface area contributed by atoms with Crippen LogP contribution in [0.2, 0.25) is 5.02 Å². The number of nitrogens with zero attached hydrogens (tertiary/aromatic N) is 1. The first kappa shape index (κ1) is 27.0. The molecule has 0 atom stereocenters. The number of amides is 1. The average molecular weight is 502 g/mol. The van der Waals surface area contributed by atoms with Gasteiger partial charge < -0.3 is 25.4 Å². The van der Waals surface area contributed by atoms with Crippen molar-refractivity contribution in [3.63, 3.8) is 0 Å². The van der Waals surface area contributed by atoms with Crippen LogP contribution in [-0.2, 0) is 4.74 Å². The highest BCUT2D eigenvalue weighted by atomic mass is 35.5. The number of anilines is 1. The van der Waals surface area contributed by atoms with Crippen molar-refractivity contribution in [1.82, 2.24) is 10.2 Å². The number of ether oxygens (including phenoxy) is 2. The maximum Gasteiger partial charge on any atom is 0.255 e. The fourth-order valence-corrected chi connectivity index (χ4v) is 4.62. The minimum Gasteiger partial charge on any atom is -0.496 e. The van der Waals surface area contributed by atoms with Crippen LogP contribution < -0.4 is 15.8 Å². The summed E-state index contributed by atoms with van der Waals surface area (Å²) in [6, 6.07) is 12.6. The predicted molar refractivity (Wildman–Crippen MR) is 139 cm³/mol. The van der Waals surface area contributed by atoms with Gasteiger partial charge in [-0.3, -0.25) is 9.59 Å². The van der Waals surface area contributed by atoms with Gasteiger partial charge in [-0.1, -0.05) is 48.4 Å². The Kier molecular flexibility index (Phi) is 9.95. The fourth-order valence-electron chi connectivity index (χ4n) is 4.46. The molecular weight excluding hydrogens is 466 g/mol. The summed E-state index contributed by atoms with van der Waals surface area (Å²) in [7, 11) is 3.19. The molecule has 7 nitrogen and oxygen atoms in total. The van der Waals surface area contributed by atoms with E-state index in [-0.39, 0.29) is 11.7 Å². The number of nitrogens with two attached hydrogens (primary N) is 1. The first-order valence-corrected chi connectivity index (χ1v) is 12.5. The highest BCUT2D eigenvalue weighted by Gasteiger charge is 2.35. The summed E-state index contributed by atoms with van der Waals surface area (Å²) in [4.78, 5) is 27.5. The molecule has 0 radical (unpaired) electrons. The van der Waals surface area contributed by atoms with Crippen LogP contribution in [0, 0.1) is 0 Å². The van der Waals surface area contributed by atoms with Crippen LogP contribution in [0.25, 0.3) is 0 Å². The summed E-state index contributed by atoms with van der Waals surface area (Å²) in [6.45, 7) is 3.23. The van der Waals surface area contributed by atoms with Gasteiger partial charge in [-0.25, -0.2) is 0 Å². The summed E-state index contributed by atoms with van der Waals surface area (Å²) in [5, 5.41) is 3.30. The molecule has 1 fully saturated rings. The van der Waals surface area contributed by atoms with Crippen LogP contribution in [0.1, 0.15) is 59.2 Å². The number of benzene rings is 2. The highest BCUT2D eigenvalue weighted by molar-refractivity contribution is 6.33. The molecule has 1 amide bonds. The number of hydrogen-bond acceptors (Lipinski definition) is 6. The van der Waals surface area contributed by atoms with E-state index >= 15 is 0 Å². The number of likely N-dealkylation sites (tertiary alicyclic amines) is 1. The Labute approximate surface area is 212 Å². The van der Waals surface area contributed by atoms with Gasteiger partial charge in [0, 0.05) is 44.8 Å². The molecule has 0 aromatic heterocycles. The molecule has 3 rings (SSSR count). The van der Waals surface area contributed by atoms with Gasteiger partial charge in [-0.2, -0.15) is 0 Å². The predicted octanol–water partition coefficient (Wildman–Crippen LogP) is 4.58. The summed E-state index contributed by atoms with van der Waals surface area (Å²) in [5.74, 6) is 0.332. The quantitative estimate of drug-likeness (QED) is 0.251. The number of piperidine rings is 1. The molecule has 8 heteroatoms. The molecular formula is C27H36ClN3O4. The Bertz CT molecular complexity index is 991. The lowest BCUT2D eigenvalue weighted by atomic mass is 9.90. The van der Waals surface area contributed by atoms with Crippen LogP contribution in [0.5, 0.6) is 5.75 Å². The molecule has 0 spiro atoms. The molecule has 1 saturated heterocycles. The number of halogens is 1. The van der Waals surface area contributed by atoms with Crippen LogP contribution in [-0.4, -0.2) is 62.6 Å². The number of nitrogen functional groups attached to an aromatic ring is 1. The smallest absolute Gasteiger partial charge is 0.255 e. The van der Waals surface area contributed by atoms with Gasteiger partial charge in [-0.15, -0.1) is 0 Å². The average Bonchev–Trinajstić information content (AvgIpc) is 2.89. The number of rotatable bonds is 12. The number of unbranched alkanes of at least 4 members (excludes halogenated alkanes) is 2. The van der Waals surface area contributed by atoms with Gasteiger partial charge in [0.05, 0.1) is 29.0 Å². The van der Waals surface area contributed by atoms with Crippen molar-refractivity contribution in [3.8, 4) is 5.75 Å². The monoisotopic (exact) mass is 501 g/mol. The number of nitrogens with one attached hydrogen (secondary N) is 1. The molecule has 1 aliphatic heterocycles. The Morgan fingerprint density at radius 2 is 1.80 bits per heavy atom. The normalized spacial score (nSPS) is 15.5. The summed E-state index contributed by atoms with van der Waals surface area (Å²) in [6.07, 6.45) is 5.27. The maximum atomic E-state index is 12.8. The zero-order chi connectivity index (χ0) is 25.3. The van der Waals surface area contributed by atoms with E-state index in [4.69, 9.17) is 26.8 Å². The minimum atomic E-state index is -0.404. The van der Waals surface area contributed by atoms with Gasteiger partial charge in [0.1, 0.15) is 5.75 Å². The Hall–Kier alpha value is -2.61. The summed E-state index contributed by atoms with van der Waals surface area (Å²) in [5.41, 5.74) is 6.92. The van der Waals surface area contributed by atoms with E-state index in [1.54, 1.807) is 13.2 Å². The lowest BCUT2D eigenvalue weighted by Gasteiger charge is -2.41. The van der Waals surface area contributed by atoms with Crippen LogP contribution >= 0.6 is 11.6 Å². The van der Waals surface area contributed by atoms with E-state index in [1.807, 2.05) is 30.3 Å². The first-order valence-electron chi connectivity index (χ1n) is 12.1. The minimum absolute atomic E-state index is 0.217. The molecule has 0 saturated carbocycles. The Balaban J connectivity index is 1.40. The first-order chi connectivity index (χ1) is 16.9. The van der Waals surface area contributed by atoms with E-state index in [1.165, 1.54) is 13.2 Å². The molecule has 35 heavy (non-hydrogen) atoms. The number of carbonyl (C=O) groups excluding carboxylic acids is 2. The van der Waals surface area contributed by atoms with Crippen molar-refractivity contribution in [2.24, 2.45) is 0 Å². The van der Waals surface area contributed by atoms with Crippen LogP contribution in [0.15, 0.2) is 42.5 Å². The van der Waals surface area contributed by atoms with Crippen LogP contribution in [0.4, 0.5) is 5.69 Å². The third-order valence-electron chi connectivity index (χ3n) is 6.81. The fraction of sp³-hybridized carbons (Fsp3) is 0.481. The van der Waals surface area contributed by atoms with Gasteiger partial charge in [-0.05, 0) is 38.3 Å². The molecule has 0 bridgehead atoms. The van der Waals surface area contributed by atoms with E-state index in [0.29, 0.717) is 35.0 Å². The van der Waals surface area contributed by atoms with Crippen molar-refractivity contribution in [1.29, 1.82) is 0 Å². The SMILES string of the molecule is COc1cc(N)c(Cl)cc1C(=O)NCC1(OC)CCN(CCCCCC(=O)c2ccccc2)CC1. The number of hydrogen-bond donors (Lipinski definition) is 2. The number of Topliss-reactive ketones (excluding diaryl/α,β-unsaturated/α-hetero) is 1. The zero-order valence-corrected chi connectivity index (χ0v) is 21.4. The lowest BCUT2D eigenvalue weighted by Crippen LogP contribution is -2.52. The lowest BCUT2D eigenvalue weighted by molar-refractivity contribution is -0.0542. The maximum absolute atomic E-state index is 12.8. The van der Waals surface area contributed by atoms with E-state index in [0.717, 1.165) is 57.3 Å². The third-order valence-corrected chi connectivity index (χ3v) is 7.14. The zero-order valence-electron chi connectivity index (χ0n) is 20.6. The topological polar surface area (TPSA) is 93.9 Å². The van der Waals surface area contributed by atoms with Crippen molar-refractivity contribution in [2.45, 2.75) is 44.1 Å². The molecule has 1 heterocycles. The summed E-state index contributed by atoms with van der Waals surface area (Å²) >= 11 is 6.10. The van der Waals surface area contributed by atoms with E-state index < -0.39 is 5.60 Å². The van der Waals surface area contributed by atoms with Gasteiger partial charge in [0.25, 0.3) is 5.91 Å². The number of methoxy groups -OCH3 is 2. The summed E-state index contributed by atoms with van der Waals surface area (Å²) < 4.78 is 11.2. The van der Waals surface area contributed by atoms with Crippen molar-refractivity contribution in [2.75, 3.05) is 46.1 Å². The second-order valence-electron chi connectivity index (χ2n) is 9.09. The standard InChI is InChI=1S/C27H36ClN3O4/c1-34-25-18-23(29)22(28)17-21(25)26(33)30-19-27(35-2)12-15-31(16-13-27)14-8-4-7-11-24(32)20-9-5-3-6-10-20/h3,5-6,9-10,17-18H,4,7-8,11-16,19,29H2,1-2H3,(H,30,33). The molecule has 0 unspecified atom stereocenters.